The van der Waals surface area contributed by atoms with Crippen LogP contribution < -0.4 is 10.6 Å². The lowest BCUT2D eigenvalue weighted by atomic mass is 9.71. The standard InChI is InChI=1S/C35H37N5O2/c1-34(23-26-24-37-29-15-5-3-13-27(26)29,39-32(41)28-14-4-6-16-30(28)40-21-11-12-22-40)33(42)38-25-35(18-8-2-9-19-35)31-17-7-10-20-36-31/h3-7,10-17,20-22,24,37H,2,8-9,18-19,23,25H2,1H3,(H,38,42)(H,39,41). The summed E-state index contributed by atoms with van der Waals surface area (Å²) >= 11 is 0. The molecule has 3 heterocycles. The number of nitrogens with zero attached hydrogens (tertiary/aromatic N) is 2. The molecular weight excluding hydrogens is 522 g/mol. The van der Waals surface area contributed by atoms with E-state index in [9.17, 15) is 9.59 Å². The van der Waals surface area contributed by atoms with Gasteiger partial charge in [-0.25, -0.2) is 0 Å². The number of H-pyrrole nitrogens is 1. The number of benzene rings is 2. The van der Waals surface area contributed by atoms with E-state index in [4.69, 9.17) is 4.98 Å². The van der Waals surface area contributed by atoms with Crippen LogP contribution >= 0.6 is 0 Å². The van der Waals surface area contributed by atoms with Crippen LogP contribution in [0.3, 0.4) is 0 Å². The van der Waals surface area contributed by atoms with Crippen LogP contribution in [0.15, 0.2) is 104 Å². The lowest BCUT2D eigenvalue weighted by molar-refractivity contribution is -0.127. The third-order valence-electron chi connectivity index (χ3n) is 8.75. The molecule has 3 N–H and O–H groups in total. The monoisotopic (exact) mass is 559 g/mol. The average Bonchev–Trinajstić information content (AvgIpc) is 3.72. The average molecular weight is 560 g/mol. The molecule has 3 aromatic heterocycles. The number of rotatable bonds is 9. The zero-order valence-electron chi connectivity index (χ0n) is 24.0. The summed E-state index contributed by atoms with van der Waals surface area (Å²) in [5, 5.41) is 7.48. The Kier molecular flexibility index (Phi) is 7.66. The summed E-state index contributed by atoms with van der Waals surface area (Å²) in [6.07, 6.45) is 13.3. The number of para-hydroxylation sites is 2. The summed E-state index contributed by atoms with van der Waals surface area (Å²) in [4.78, 5) is 36.2. The highest BCUT2D eigenvalue weighted by Crippen LogP contribution is 2.38. The van der Waals surface area contributed by atoms with Crippen molar-refractivity contribution in [3.63, 3.8) is 0 Å². The number of aromatic nitrogens is 3. The molecule has 0 saturated heterocycles. The smallest absolute Gasteiger partial charge is 0.254 e. The second kappa shape index (κ2) is 11.7. The zero-order chi connectivity index (χ0) is 29.0. The lowest BCUT2D eigenvalue weighted by Crippen LogP contribution is -2.60. The van der Waals surface area contributed by atoms with E-state index in [1.165, 1.54) is 6.42 Å². The zero-order valence-corrected chi connectivity index (χ0v) is 24.0. The number of carbonyl (C=O) groups excluding carboxylic acids is 2. The number of fused-ring (bicyclic) bond motifs is 1. The van der Waals surface area contributed by atoms with Gasteiger partial charge >= 0.3 is 0 Å². The van der Waals surface area contributed by atoms with Gasteiger partial charge in [0, 0.05) is 59.8 Å². The molecule has 214 valence electrons. The van der Waals surface area contributed by atoms with Crippen molar-refractivity contribution in [2.75, 3.05) is 6.54 Å². The van der Waals surface area contributed by atoms with Gasteiger partial charge < -0.3 is 20.2 Å². The molecule has 42 heavy (non-hydrogen) atoms. The van der Waals surface area contributed by atoms with E-state index in [1.54, 1.807) is 6.07 Å². The van der Waals surface area contributed by atoms with E-state index in [0.717, 1.165) is 53.5 Å². The van der Waals surface area contributed by atoms with E-state index >= 15 is 0 Å². The minimum Gasteiger partial charge on any atom is -0.361 e. The van der Waals surface area contributed by atoms with Crippen LogP contribution in [0.4, 0.5) is 0 Å². The number of nitrogens with one attached hydrogen (secondary N) is 3. The Balaban J connectivity index is 1.31. The molecule has 1 aliphatic carbocycles. The van der Waals surface area contributed by atoms with Gasteiger partial charge in [0.05, 0.1) is 11.3 Å². The van der Waals surface area contributed by atoms with Crippen LogP contribution in [0.1, 0.15) is 60.6 Å². The fourth-order valence-corrected chi connectivity index (χ4v) is 6.42. The third kappa shape index (κ3) is 5.47. The summed E-state index contributed by atoms with van der Waals surface area (Å²) in [6, 6.07) is 25.4. The van der Waals surface area contributed by atoms with Gasteiger partial charge in [-0.05, 0) is 67.8 Å². The number of aromatic amines is 1. The van der Waals surface area contributed by atoms with Crippen molar-refractivity contribution in [1.29, 1.82) is 0 Å². The highest BCUT2D eigenvalue weighted by Gasteiger charge is 2.40. The Morgan fingerprint density at radius 1 is 0.929 bits per heavy atom. The van der Waals surface area contributed by atoms with Gasteiger partial charge in [0.1, 0.15) is 5.54 Å². The van der Waals surface area contributed by atoms with Crippen LogP contribution in [0.25, 0.3) is 16.6 Å². The fourth-order valence-electron chi connectivity index (χ4n) is 6.42. The van der Waals surface area contributed by atoms with E-state index in [0.29, 0.717) is 18.5 Å². The molecule has 1 atom stereocenters. The Hall–Kier alpha value is -4.65. The highest BCUT2D eigenvalue weighted by atomic mass is 16.2. The third-order valence-corrected chi connectivity index (χ3v) is 8.75. The van der Waals surface area contributed by atoms with Gasteiger partial charge in [-0.1, -0.05) is 55.7 Å². The van der Waals surface area contributed by atoms with Crippen LogP contribution in [-0.2, 0) is 16.6 Å². The van der Waals surface area contributed by atoms with Gasteiger partial charge in [0.25, 0.3) is 5.91 Å². The summed E-state index contributed by atoms with van der Waals surface area (Å²) in [7, 11) is 0. The predicted octanol–water partition coefficient (Wildman–Crippen LogP) is 6.10. The molecule has 1 fully saturated rings. The van der Waals surface area contributed by atoms with E-state index in [-0.39, 0.29) is 17.2 Å². The Morgan fingerprint density at radius 2 is 1.67 bits per heavy atom. The van der Waals surface area contributed by atoms with E-state index in [1.807, 2.05) is 103 Å². The first-order chi connectivity index (χ1) is 20.5. The van der Waals surface area contributed by atoms with Gasteiger partial charge in [-0.2, -0.15) is 0 Å². The molecule has 0 aliphatic heterocycles. The molecule has 0 bridgehead atoms. The topological polar surface area (TPSA) is 91.8 Å². The van der Waals surface area contributed by atoms with Crippen molar-refractivity contribution in [2.24, 2.45) is 0 Å². The SMILES string of the molecule is CC(Cc1c[nH]c2ccccc12)(NC(=O)c1ccccc1-n1cccc1)C(=O)NCC1(c2ccccn2)CCCCC1. The summed E-state index contributed by atoms with van der Waals surface area (Å²) in [5.41, 5.74) is 2.81. The van der Waals surface area contributed by atoms with Crippen molar-refractivity contribution in [1.82, 2.24) is 25.2 Å². The lowest BCUT2D eigenvalue weighted by Gasteiger charge is -2.38. The van der Waals surface area contributed by atoms with E-state index in [2.05, 4.69) is 21.7 Å². The Bertz CT molecular complexity index is 1670. The minimum atomic E-state index is -1.22. The number of hydrogen-bond acceptors (Lipinski definition) is 3. The second-order valence-electron chi connectivity index (χ2n) is 11.7. The van der Waals surface area contributed by atoms with Crippen LogP contribution in [0.2, 0.25) is 0 Å². The quantitative estimate of drug-likeness (QED) is 0.204. The summed E-state index contributed by atoms with van der Waals surface area (Å²) < 4.78 is 1.91. The fraction of sp³-hybridized carbons (Fsp3) is 0.286. The second-order valence-corrected chi connectivity index (χ2v) is 11.7. The van der Waals surface area contributed by atoms with Gasteiger partial charge in [0.15, 0.2) is 0 Å². The van der Waals surface area contributed by atoms with Crippen LogP contribution in [0.5, 0.6) is 0 Å². The molecular formula is C35H37N5O2. The molecule has 0 radical (unpaired) electrons. The van der Waals surface area contributed by atoms with Crippen molar-refractivity contribution < 1.29 is 9.59 Å². The van der Waals surface area contributed by atoms with Crippen molar-refractivity contribution in [3.8, 4) is 5.69 Å². The molecule has 1 aliphatic rings. The number of carbonyl (C=O) groups is 2. The molecule has 5 aromatic rings. The van der Waals surface area contributed by atoms with Gasteiger partial charge in [-0.15, -0.1) is 0 Å². The van der Waals surface area contributed by atoms with Gasteiger partial charge in [0.2, 0.25) is 5.91 Å². The summed E-state index contributed by atoms with van der Waals surface area (Å²) in [6.45, 7) is 2.30. The largest absolute Gasteiger partial charge is 0.361 e. The van der Waals surface area contributed by atoms with Crippen LogP contribution in [-0.4, -0.2) is 38.4 Å². The molecule has 1 saturated carbocycles. The van der Waals surface area contributed by atoms with Crippen molar-refractivity contribution in [2.45, 2.75) is 56.4 Å². The summed E-state index contributed by atoms with van der Waals surface area (Å²) in [5.74, 6) is -0.505. The Morgan fingerprint density at radius 3 is 2.45 bits per heavy atom. The molecule has 7 heteroatoms. The Labute approximate surface area is 246 Å². The molecule has 0 spiro atoms. The van der Waals surface area contributed by atoms with Crippen LogP contribution in [0, 0.1) is 0 Å². The number of pyridine rings is 1. The molecule has 6 rings (SSSR count). The number of hydrogen-bond donors (Lipinski definition) is 3. The van der Waals surface area contributed by atoms with E-state index < -0.39 is 5.54 Å². The molecule has 7 nitrogen and oxygen atoms in total. The normalized spacial score (nSPS) is 16.0. The maximum absolute atomic E-state index is 14.3. The van der Waals surface area contributed by atoms with Crippen molar-refractivity contribution >= 4 is 22.7 Å². The molecule has 2 amide bonds. The number of amides is 2. The minimum absolute atomic E-state index is 0.208. The first-order valence-corrected chi connectivity index (χ1v) is 14.8. The predicted molar refractivity (Wildman–Crippen MR) is 166 cm³/mol. The van der Waals surface area contributed by atoms with Gasteiger partial charge in [-0.3, -0.25) is 14.6 Å². The molecule has 1 unspecified atom stereocenters. The maximum atomic E-state index is 14.3. The first kappa shape index (κ1) is 27.5. The maximum Gasteiger partial charge on any atom is 0.254 e. The highest BCUT2D eigenvalue weighted by molar-refractivity contribution is 6.02. The first-order valence-electron chi connectivity index (χ1n) is 14.8. The van der Waals surface area contributed by atoms with Crippen molar-refractivity contribution in [3.05, 3.63) is 120 Å². The molecule has 2 aromatic carbocycles.